The molecule has 0 amide bonds. The van der Waals surface area contributed by atoms with E-state index in [9.17, 15) is 20.2 Å². The number of nitro groups is 2. The smallest absolute Gasteiger partial charge is 0.268 e. The van der Waals surface area contributed by atoms with Gasteiger partial charge in [-0.05, 0) is 28.7 Å². The number of halogens is 1. The van der Waals surface area contributed by atoms with Gasteiger partial charge in [-0.3, -0.25) is 29.6 Å². The van der Waals surface area contributed by atoms with Crippen LogP contribution in [0.25, 0.3) is 6.08 Å². The molecule has 0 aliphatic rings. The van der Waals surface area contributed by atoms with Crippen molar-refractivity contribution in [2.45, 2.75) is 0 Å². The Hall–Kier alpha value is -2.31. The molecule has 0 aliphatic carbocycles. The van der Waals surface area contributed by atoms with Crippen molar-refractivity contribution in [1.82, 2.24) is 19.6 Å². The third-order valence-electron chi connectivity index (χ3n) is 2.19. The summed E-state index contributed by atoms with van der Waals surface area (Å²) in [6.45, 7) is 3.41. The highest BCUT2D eigenvalue weighted by Gasteiger charge is 2.15. The molecule has 21 heavy (non-hydrogen) atoms. The van der Waals surface area contributed by atoms with Crippen molar-refractivity contribution in [3.8, 4) is 0 Å². The predicted octanol–water partition coefficient (Wildman–Crippen LogP) is 1.90. The molecule has 0 fully saturated rings. The second kappa shape index (κ2) is 6.92. The molecule has 0 saturated heterocycles. The molecule has 0 atom stereocenters. The zero-order valence-corrected chi connectivity index (χ0v) is 13.3. The summed E-state index contributed by atoms with van der Waals surface area (Å²) in [5.74, 6) is 0. The Balaban J connectivity index is 0.000000211. The zero-order chi connectivity index (χ0) is 16.2. The molecule has 2 aromatic heterocycles. The Kier molecular flexibility index (Phi) is 5.52. The van der Waals surface area contributed by atoms with Crippen molar-refractivity contribution >= 4 is 40.0 Å². The van der Waals surface area contributed by atoms with E-state index in [0.29, 0.717) is 9.39 Å². The highest BCUT2D eigenvalue weighted by molar-refractivity contribution is 14.1. The van der Waals surface area contributed by atoms with Crippen molar-refractivity contribution in [3.05, 3.63) is 48.6 Å². The minimum absolute atomic E-state index is 0.0116. The maximum atomic E-state index is 10.3. The zero-order valence-electron chi connectivity index (χ0n) is 11.1. The summed E-state index contributed by atoms with van der Waals surface area (Å²) in [4.78, 5) is 19.5. The van der Waals surface area contributed by atoms with Crippen LogP contribution in [0.2, 0.25) is 0 Å². The van der Waals surface area contributed by atoms with Crippen molar-refractivity contribution in [2.75, 3.05) is 0 Å². The van der Waals surface area contributed by atoms with E-state index in [1.165, 1.54) is 27.8 Å². The first-order valence-corrected chi connectivity index (χ1v) is 6.48. The van der Waals surface area contributed by atoms with Crippen LogP contribution in [0.15, 0.2) is 19.0 Å². The summed E-state index contributed by atoms with van der Waals surface area (Å²) in [7, 11) is 3.27. The molecule has 0 unspecified atom stereocenters. The summed E-state index contributed by atoms with van der Waals surface area (Å²) in [6.07, 6.45) is 4.08. The van der Waals surface area contributed by atoms with E-state index in [2.05, 4.69) is 16.8 Å². The van der Waals surface area contributed by atoms with Gasteiger partial charge in [0.1, 0.15) is 12.4 Å². The summed E-state index contributed by atoms with van der Waals surface area (Å²) in [6, 6.07) is 0. The van der Waals surface area contributed by atoms with Crippen LogP contribution >= 0.6 is 22.6 Å². The van der Waals surface area contributed by atoms with Crippen molar-refractivity contribution in [1.29, 1.82) is 0 Å². The Morgan fingerprint density at radius 3 is 1.90 bits per heavy atom. The van der Waals surface area contributed by atoms with Crippen molar-refractivity contribution in [3.63, 3.8) is 0 Å². The van der Waals surface area contributed by atoms with Crippen LogP contribution < -0.4 is 0 Å². The minimum atomic E-state index is -0.482. The van der Waals surface area contributed by atoms with E-state index in [-0.39, 0.29) is 11.4 Å². The van der Waals surface area contributed by atoms with Crippen LogP contribution in [0.5, 0.6) is 0 Å². The molecule has 0 aromatic carbocycles. The molecule has 0 aliphatic heterocycles. The van der Waals surface area contributed by atoms with Gasteiger partial charge in [0.05, 0.1) is 9.85 Å². The highest BCUT2D eigenvalue weighted by Crippen LogP contribution is 2.17. The van der Waals surface area contributed by atoms with E-state index in [1.54, 1.807) is 14.1 Å². The Labute approximate surface area is 132 Å². The summed E-state index contributed by atoms with van der Waals surface area (Å²) >= 11 is 1.82. The Morgan fingerprint density at radius 2 is 1.62 bits per heavy atom. The van der Waals surface area contributed by atoms with Crippen LogP contribution in [0.1, 0.15) is 5.69 Å². The fourth-order valence-corrected chi connectivity index (χ4v) is 2.03. The standard InChI is InChI=1S/C6H7N3O2.C4H4IN3O2/c1-3-5-6(9(10)11)4-8(2)7-5;1-7-2-3(8(9)10)4(5)6-7/h3-4H,1H2,2H3;2H,1H3. The van der Waals surface area contributed by atoms with Gasteiger partial charge >= 0.3 is 11.4 Å². The number of aromatic nitrogens is 4. The first-order chi connectivity index (χ1) is 9.76. The fourth-order valence-electron chi connectivity index (χ4n) is 1.35. The van der Waals surface area contributed by atoms with Gasteiger partial charge < -0.3 is 0 Å². The Morgan fingerprint density at radius 1 is 1.14 bits per heavy atom. The number of nitrogens with zero attached hydrogens (tertiary/aromatic N) is 6. The second-order valence-electron chi connectivity index (χ2n) is 3.77. The number of hydrogen-bond acceptors (Lipinski definition) is 6. The van der Waals surface area contributed by atoms with Gasteiger partial charge in [0.15, 0.2) is 9.39 Å². The molecule has 2 rings (SSSR count). The summed E-state index contributed by atoms with van der Waals surface area (Å²) in [5.41, 5.74) is 0.350. The van der Waals surface area contributed by atoms with Gasteiger partial charge in [-0.2, -0.15) is 10.2 Å². The minimum Gasteiger partial charge on any atom is -0.268 e. The van der Waals surface area contributed by atoms with Gasteiger partial charge in [0.25, 0.3) is 0 Å². The maximum absolute atomic E-state index is 10.3. The van der Waals surface area contributed by atoms with Crippen LogP contribution in [0, 0.1) is 23.9 Å². The number of aryl methyl sites for hydroxylation is 2. The lowest BCUT2D eigenvalue weighted by Gasteiger charge is -1.82. The second-order valence-corrected chi connectivity index (χ2v) is 4.79. The quantitative estimate of drug-likeness (QED) is 0.436. The van der Waals surface area contributed by atoms with Crippen LogP contribution in [0.3, 0.4) is 0 Å². The molecule has 0 N–H and O–H groups in total. The molecule has 112 valence electrons. The fraction of sp³-hybridized carbons (Fsp3) is 0.200. The first-order valence-electron chi connectivity index (χ1n) is 5.40. The SMILES string of the molecule is C=Cc1nn(C)cc1[N+](=O)[O-].Cn1cc([N+](=O)[O-])c(I)n1. The molecule has 0 spiro atoms. The van der Waals surface area contributed by atoms with Crippen molar-refractivity contribution in [2.24, 2.45) is 14.1 Å². The monoisotopic (exact) mass is 406 g/mol. The van der Waals surface area contributed by atoms with Crippen LogP contribution in [-0.4, -0.2) is 29.4 Å². The molecule has 0 saturated carbocycles. The van der Waals surface area contributed by atoms with E-state index in [4.69, 9.17) is 0 Å². The number of rotatable bonds is 3. The van der Waals surface area contributed by atoms with Gasteiger partial charge in [-0.25, -0.2) is 0 Å². The molecule has 2 aromatic rings. The third-order valence-corrected chi connectivity index (χ3v) is 2.96. The predicted molar refractivity (Wildman–Crippen MR) is 82.5 cm³/mol. The van der Waals surface area contributed by atoms with Crippen LogP contribution in [0.4, 0.5) is 11.4 Å². The topological polar surface area (TPSA) is 122 Å². The van der Waals surface area contributed by atoms with E-state index < -0.39 is 9.85 Å². The van der Waals surface area contributed by atoms with Gasteiger partial charge in [0, 0.05) is 14.1 Å². The normalized spacial score (nSPS) is 9.67. The average molecular weight is 406 g/mol. The molecule has 10 nitrogen and oxygen atoms in total. The van der Waals surface area contributed by atoms with E-state index in [0.717, 1.165) is 0 Å². The molecule has 0 radical (unpaired) electrons. The third kappa shape index (κ3) is 4.34. The maximum Gasteiger partial charge on any atom is 0.320 e. The summed E-state index contributed by atoms with van der Waals surface area (Å²) < 4.78 is 3.22. The van der Waals surface area contributed by atoms with Gasteiger partial charge in [-0.1, -0.05) is 6.58 Å². The van der Waals surface area contributed by atoms with Crippen molar-refractivity contribution < 1.29 is 9.85 Å². The largest absolute Gasteiger partial charge is 0.320 e. The van der Waals surface area contributed by atoms with Crippen LogP contribution in [-0.2, 0) is 14.1 Å². The molecule has 2 heterocycles. The van der Waals surface area contributed by atoms with E-state index >= 15 is 0 Å². The lowest BCUT2D eigenvalue weighted by atomic mass is 10.4. The average Bonchev–Trinajstić information content (AvgIpc) is 2.92. The van der Waals surface area contributed by atoms with Gasteiger partial charge in [-0.15, -0.1) is 0 Å². The van der Waals surface area contributed by atoms with E-state index in [1.807, 2.05) is 22.6 Å². The lowest BCUT2D eigenvalue weighted by molar-refractivity contribution is -0.385. The molecular formula is C10H11IN6O4. The molecule has 11 heteroatoms. The molecule has 0 bridgehead atoms. The lowest BCUT2D eigenvalue weighted by Crippen LogP contribution is -1.87. The summed E-state index contributed by atoms with van der Waals surface area (Å²) in [5, 5.41) is 28.1. The first kappa shape index (κ1) is 16.7. The Bertz CT molecular complexity index is 692. The van der Waals surface area contributed by atoms with Gasteiger partial charge in [0.2, 0.25) is 0 Å². The molecular weight excluding hydrogens is 395 g/mol. The number of hydrogen-bond donors (Lipinski definition) is 0. The highest BCUT2D eigenvalue weighted by atomic mass is 127.